The first-order valence-electron chi connectivity index (χ1n) is 5.08. The molecule has 1 unspecified atom stereocenters. The van der Waals surface area contributed by atoms with Crippen molar-refractivity contribution in [2.75, 3.05) is 11.9 Å². The van der Waals surface area contributed by atoms with Gasteiger partial charge in [-0.15, -0.1) is 0 Å². The third-order valence-electron chi connectivity index (χ3n) is 2.08. The Morgan fingerprint density at radius 3 is 2.93 bits per heavy atom. The van der Waals surface area contributed by atoms with E-state index in [2.05, 4.69) is 15.8 Å². The number of amides is 1. The zero-order valence-electron chi connectivity index (χ0n) is 9.33. The summed E-state index contributed by atoms with van der Waals surface area (Å²) < 4.78 is 4.85. The fraction of sp³-hybridized carbons (Fsp3) is 0.600. The molecule has 0 spiro atoms. The SMILES string of the molecule is CCC(C)NC(=O)CNc1cc(C)on1. The van der Waals surface area contributed by atoms with E-state index in [1.807, 2.05) is 13.8 Å². The van der Waals surface area contributed by atoms with Gasteiger partial charge in [0.15, 0.2) is 5.82 Å². The standard InChI is InChI=1S/C10H17N3O2/c1-4-7(2)12-10(14)6-11-9-5-8(3)15-13-9/h5,7H,4,6H2,1-3H3,(H,11,13)(H,12,14). The van der Waals surface area contributed by atoms with Crippen LogP contribution < -0.4 is 10.6 Å². The van der Waals surface area contributed by atoms with Gasteiger partial charge in [0.2, 0.25) is 5.91 Å². The number of aryl methyl sites for hydroxylation is 1. The average molecular weight is 211 g/mol. The number of nitrogens with one attached hydrogen (secondary N) is 2. The van der Waals surface area contributed by atoms with Crippen molar-refractivity contribution in [3.05, 3.63) is 11.8 Å². The number of hydrogen-bond donors (Lipinski definition) is 2. The predicted molar refractivity (Wildman–Crippen MR) is 57.6 cm³/mol. The van der Waals surface area contributed by atoms with Crippen LogP contribution in [0, 0.1) is 6.92 Å². The number of nitrogens with zero attached hydrogens (tertiary/aromatic N) is 1. The van der Waals surface area contributed by atoms with Crippen LogP contribution in [0.5, 0.6) is 0 Å². The van der Waals surface area contributed by atoms with Gasteiger partial charge < -0.3 is 15.2 Å². The molecule has 1 aromatic heterocycles. The maximum Gasteiger partial charge on any atom is 0.239 e. The van der Waals surface area contributed by atoms with Gasteiger partial charge in [-0.1, -0.05) is 12.1 Å². The van der Waals surface area contributed by atoms with Crippen molar-refractivity contribution < 1.29 is 9.32 Å². The molecular formula is C10H17N3O2. The van der Waals surface area contributed by atoms with Gasteiger partial charge >= 0.3 is 0 Å². The summed E-state index contributed by atoms with van der Waals surface area (Å²) in [5, 5.41) is 9.45. The minimum atomic E-state index is -0.0370. The minimum Gasteiger partial charge on any atom is -0.360 e. The quantitative estimate of drug-likeness (QED) is 0.770. The van der Waals surface area contributed by atoms with Gasteiger partial charge in [0.05, 0.1) is 6.54 Å². The van der Waals surface area contributed by atoms with E-state index in [0.29, 0.717) is 5.82 Å². The summed E-state index contributed by atoms with van der Waals surface area (Å²) in [6.45, 7) is 6.02. The Morgan fingerprint density at radius 2 is 2.40 bits per heavy atom. The van der Waals surface area contributed by atoms with E-state index < -0.39 is 0 Å². The highest BCUT2D eigenvalue weighted by Gasteiger charge is 2.06. The third-order valence-corrected chi connectivity index (χ3v) is 2.08. The number of rotatable bonds is 5. The largest absolute Gasteiger partial charge is 0.360 e. The molecule has 0 fully saturated rings. The first-order valence-corrected chi connectivity index (χ1v) is 5.08. The molecular weight excluding hydrogens is 194 g/mol. The summed E-state index contributed by atoms with van der Waals surface area (Å²) in [5.74, 6) is 1.27. The Hall–Kier alpha value is -1.52. The molecule has 0 bridgehead atoms. The van der Waals surface area contributed by atoms with Crippen LogP contribution in [0.3, 0.4) is 0 Å². The monoisotopic (exact) mass is 211 g/mol. The second-order valence-corrected chi connectivity index (χ2v) is 3.55. The Labute approximate surface area is 89.2 Å². The molecule has 0 saturated heterocycles. The van der Waals surface area contributed by atoms with Gasteiger partial charge in [-0.05, 0) is 20.3 Å². The highest BCUT2D eigenvalue weighted by molar-refractivity contribution is 5.80. The van der Waals surface area contributed by atoms with E-state index in [4.69, 9.17) is 4.52 Å². The van der Waals surface area contributed by atoms with E-state index in [9.17, 15) is 4.79 Å². The number of aromatic nitrogens is 1. The summed E-state index contributed by atoms with van der Waals surface area (Å²) in [5.41, 5.74) is 0. The average Bonchev–Trinajstić information content (AvgIpc) is 2.61. The van der Waals surface area contributed by atoms with Crippen LogP contribution in [0.1, 0.15) is 26.0 Å². The van der Waals surface area contributed by atoms with E-state index in [0.717, 1.165) is 12.2 Å². The van der Waals surface area contributed by atoms with Crippen molar-refractivity contribution in [3.63, 3.8) is 0 Å². The van der Waals surface area contributed by atoms with Crippen LogP contribution in [0.25, 0.3) is 0 Å². The summed E-state index contributed by atoms with van der Waals surface area (Å²) >= 11 is 0. The molecule has 15 heavy (non-hydrogen) atoms. The topological polar surface area (TPSA) is 67.2 Å². The van der Waals surface area contributed by atoms with Crippen molar-refractivity contribution in [2.24, 2.45) is 0 Å². The van der Waals surface area contributed by atoms with Gasteiger partial charge in [-0.3, -0.25) is 4.79 Å². The summed E-state index contributed by atoms with van der Waals surface area (Å²) in [6.07, 6.45) is 0.925. The Morgan fingerprint density at radius 1 is 1.67 bits per heavy atom. The molecule has 1 rings (SSSR count). The number of hydrogen-bond acceptors (Lipinski definition) is 4. The van der Waals surface area contributed by atoms with Crippen LogP contribution in [0.15, 0.2) is 10.6 Å². The lowest BCUT2D eigenvalue weighted by Crippen LogP contribution is -2.36. The van der Waals surface area contributed by atoms with E-state index >= 15 is 0 Å². The summed E-state index contributed by atoms with van der Waals surface area (Å²) in [4.78, 5) is 11.4. The molecule has 0 aliphatic carbocycles. The van der Waals surface area contributed by atoms with Crippen molar-refractivity contribution in [3.8, 4) is 0 Å². The molecule has 0 radical (unpaired) electrons. The van der Waals surface area contributed by atoms with Crippen molar-refractivity contribution in [1.82, 2.24) is 10.5 Å². The number of carbonyl (C=O) groups excluding carboxylic acids is 1. The molecule has 0 aliphatic rings. The Bertz CT molecular complexity index is 322. The normalized spacial score (nSPS) is 12.2. The molecule has 1 heterocycles. The number of carbonyl (C=O) groups is 1. The fourth-order valence-corrected chi connectivity index (χ4v) is 1.05. The molecule has 1 aromatic rings. The molecule has 2 N–H and O–H groups in total. The maximum absolute atomic E-state index is 11.4. The van der Waals surface area contributed by atoms with Gasteiger partial charge in [0.1, 0.15) is 5.76 Å². The van der Waals surface area contributed by atoms with Gasteiger partial charge in [0, 0.05) is 12.1 Å². The van der Waals surface area contributed by atoms with Crippen LogP contribution in [0.4, 0.5) is 5.82 Å². The highest BCUT2D eigenvalue weighted by Crippen LogP contribution is 2.05. The van der Waals surface area contributed by atoms with Crippen LogP contribution in [-0.2, 0) is 4.79 Å². The molecule has 0 aliphatic heterocycles. The lowest BCUT2D eigenvalue weighted by Gasteiger charge is -2.11. The zero-order valence-corrected chi connectivity index (χ0v) is 9.33. The second kappa shape index (κ2) is 5.38. The Kier molecular flexibility index (Phi) is 4.15. The lowest BCUT2D eigenvalue weighted by atomic mass is 10.2. The predicted octanol–water partition coefficient (Wildman–Crippen LogP) is 1.31. The van der Waals surface area contributed by atoms with Crippen molar-refractivity contribution in [2.45, 2.75) is 33.2 Å². The lowest BCUT2D eigenvalue weighted by molar-refractivity contribution is -0.120. The van der Waals surface area contributed by atoms with Crippen molar-refractivity contribution in [1.29, 1.82) is 0 Å². The summed E-state index contributed by atoms with van der Waals surface area (Å²) in [7, 11) is 0. The highest BCUT2D eigenvalue weighted by atomic mass is 16.5. The first-order chi connectivity index (χ1) is 7.11. The molecule has 5 heteroatoms. The van der Waals surface area contributed by atoms with Crippen molar-refractivity contribution >= 4 is 11.7 Å². The van der Waals surface area contributed by atoms with Crippen LogP contribution in [-0.4, -0.2) is 23.7 Å². The van der Waals surface area contributed by atoms with E-state index in [1.54, 1.807) is 13.0 Å². The van der Waals surface area contributed by atoms with Gasteiger partial charge in [-0.25, -0.2) is 0 Å². The molecule has 0 saturated carbocycles. The molecule has 5 nitrogen and oxygen atoms in total. The minimum absolute atomic E-state index is 0.0370. The maximum atomic E-state index is 11.4. The van der Waals surface area contributed by atoms with Gasteiger partial charge in [-0.2, -0.15) is 0 Å². The van der Waals surface area contributed by atoms with Gasteiger partial charge in [0.25, 0.3) is 0 Å². The number of anilines is 1. The second-order valence-electron chi connectivity index (χ2n) is 3.55. The summed E-state index contributed by atoms with van der Waals surface area (Å²) in [6, 6.07) is 1.95. The molecule has 84 valence electrons. The molecule has 1 atom stereocenters. The first kappa shape index (κ1) is 11.6. The smallest absolute Gasteiger partial charge is 0.239 e. The zero-order chi connectivity index (χ0) is 11.3. The van der Waals surface area contributed by atoms with Crippen LogP contribution in [0.2, 0.25) is 0 Å². The van der Waals surface area contributed by atoms with E-state index in [1.165, 1.54) is 0 Å². The third kappa shape index (κ3) is 4.01. The molecule has 0 aromatic carbocycles. The fourth-order valence-electron chi connectivity index (χ4n) is 1.05. The van der Waals surface area contributed by atoms with Crippen LogP contribution >= 0.6 is 0 Å². The Balaban J connectivity index is 2.28. The van der Waals surface area contributed by atoms with E-state index in [-0.39, 0.29) is 18.5 Å². The molecule has 1 amide bonds.